The van der Waals surface area contributed by atoms with Gasteiger partial charge in [-0.1, -0.05) is 24.3 Å². The van der Waals surface area contributed by atoms with E-state index in [1.165, 1.54) is 0 Å². The number of aryl methyl sites for hydroxylation is 1. The van der Waals surface area contributed by atoms with Crippen molar-refractivity contribution in [3.8, 4) is 5.75 Å². The van der Waals surface area contributed by atoms with Crippen LogP contribution < -0.4 is 4.74 Å². The number of benzene rings is 2. The summed E-state index contributed by atoms with van der Waals surface area (Å²) in [6, 6.07) is 8.73. The van der Waals surface area contributed by atoms with E-state index in [1.54, 1.807) is 24.3 Å². The molecular formula is C29H35F3O2. The Kier molecular flexibility index (Phi) is 8.36. The van der Waals surface area contributed by atoms with Crippen molar-refractivity contribution in [3.05, 3.63) is 70.5 Å². The Hall–Kier alpha value is -2.27. The van der Waals surface area contributed by atoms with Gasteiger partial charge in [-0.25, -0.2) is 13.2 Å². The first-order chi connectivity index (χ1) is 16.5. The SMILES string of the molecule is CCOc1ccc(C2CCC(CCc3ccc(C4=CCC(CO)CC4)c(F)c3F)CC2)cc1F. The summed E-state index contributed by atoms with van der Waals surface area (Å²) in [6.07, 6.45) is 9.48. The van der Waals surface area contributed by atoms with Gasteiger partial charge in [0.1, 0.15) is 0 Å². The van der Waals surface area contributed by atoms with Crippen LogP contribution in [0.25, 0.3) is 5.57 Å². The summed E-state index contributed by atoms with van der Waals surface area (Å²) in [5.41, 5.74) is 2.67. The highest BCUT2D eigenvalue weighted by molar-refractivity contribution is 5.67. The summed E-state index contributed by atoms with van der Waals surface area (Å²) in [5, 5.41) is 9.28. The molecule has 1 unspecified atom stereocenters. The van der Waals surface area contributed by atoms with E-state index in [9.17, 15) is 18.3 Å². The Balaban J connectivity index is 1.31. The van der Waals surface area contributed by atoms with Crippen LogP contribution in [-0.2, 0) is 6.42 Å². The second-order valence-electron chi connectivity index (χ2n) is 9.83. The number of aliphatic hydroxyl groups excluding tert-OH is 1. The molecule has 5 heteroatoms. The molecule has 184 valence electrons. The second-order valence-corrected chi connectivity index (χ2v) is 9.83. The Morgan fingerprint density at radius 1 is 0.941 bits per heavy atom. The van der Waals surface area contributed by atoms with Crippen molar-refractivity contribution < 1.29 is 23.0 Å². The van der Waals surface area contributed by atoms with Gasteiger partial charge in [-0.05, 0) is 111 Å². The molecule has 2 aromatic rings. The van der Waals surface area contributed by atoms with Crippen LogP contribution in [0.4, 0.5) is 13.2 Å². The predicted octanol–water partition coefficient (Wildman–Crippen LogP) is 7.59. The quantitative estimate of drug-likeness (QED) is 0.429. The molecule has 2 aromatic carbocycles. The Morgan fingerprint density at radius 2 is 1.74 bits per heavy atom. The number of aliphatic hydroxyl groups is 1. The molecule has 0 radical (unpaired) electrons. The molecule has 1 atom stereocenters. The first kappa shape index (κ1) is 24.8. The van der Waals surface area contributed by atoms with Gasteiger partial charge in [0.05, 0.1) is 6.61 Å². The van der Waals surface area contributed by atoms with Crippen LogP contribution >= 0.6 is 0 Å². The van der Waals surface area contributed by atoms with Crippen molar-refractivity contribution in [1.29, 1.82) is 0 Å². The summed E-state index contributed by atoms with van der Waals surface area (Å²) >= 11 is 0. The van der Waals surface area contributed by atoms with Gasteiger partial charge in [0, 0.05) is 12.2 Å². The fourth-order valence-electron chi connectivity index (χ4n) is 5.52. The minimum absolute atomic E-state index is 0.137. The third-order valence-corrected chi connectivity index (χ3v) is 7.68. The van der Waals surface area contributed by atoms with Crippen LogP contribution in [0.2, 0.25) is 0 Å². The van der Waals surface area contributed by atoms with Gasteiger partial charge in [0.15, 0.2) is 23.2 Å². The van der Waals surface area contributed by atoms with Crippen LogP contribution in [0.5, 0.6) is 5.75 Å². The Labute approximate surface area is 200 Å². The molecule has 1 fully saturated rings. The molecule has 4 rings (SSSR count). The van der Waals surface area contributed by atoms with Crippen molar-refractivity contribution >= 4 is 5.57 Å². The number of hydrogen-bond donors (Lipinski definition) is 1. The van der Waals surface area contributed by atoms with Gasteiger partial charge in [0.25, 0.3) is 0 Å². The molecule has 0 spiro atoms. The van der Waals surface area contributed by atoms with Gasteiger partial charge in [0.2, 0.25) is 0 Å². The summed E-state index contributed by atoms with van der Waals surface area (Å²) in [6.45, 7) is 2.42. The summed E-state index contributed by atoms with van der Waals surface area (Å²) in [4.78, 5) is 0. The molecule has 34 heavy (non-hydrogen) atoms. The van der Waals surface area contributed by atoms with Crippen LogP contribution in [-0.4, -0.2) is 18.3 Å². The van der Waals surface area contributed by atoms with Crippen LogP contribution in [0.15, 0.2) is 36.4 Å². The molecule has 2 nitrogen and oxygen atoms in total. The van der Waals surface area contributed by atoms with Crippen molar-refractivity contribution in [1.82, 2.24) is 0 Å². The highest BCUT2D eigenvalue weighted by atomic mass is 19.2. The molecular weight excluding hydrogens is 437 g/mol. The third kappa shape index (κ3) is 5.68. The van der Waals surface area contributed by atoms with E-state index < -0.39 is 11.6 Å². The number of ether oxygens (including phenoxy) is 1. The van der Waals surface area contributed by atoms with Gasteiger partial charge in [-0.15, -0.1) is 0 Å². The Bertz CT molecular complexity index is 1010. The second kappa shape index (κ2) is 11.4. The predicted molar refractivity (Wildman–Crippen MR) is 129 cm³/mol. The topological polar surface area (TPSA) is 29.5 Å². The van der Waals surface area contributed by atoms with E-state index in [1.807, 2.05) is 19.1 Å². The van der Waals surface area contributed by atoms with Crippen molar-refractivity contribution in [2.45, 2.75) is 70.6 Å². The normalized spacial score (nSPS) is 23.0. The van der Waals surface area contributed by atoms with Crippen LogP contribution in [0.1, 0.15) is 80.9 Å². The van der Waals surface area contributed by atoms with Gasteiger partial charge in [-0.3, -0.25) is 0 Å². The smallest absolute Gasteiger partial charge is 0.166 e. The lowest BCUT2D eigenvalue weighted by atomic mass is 9.77. The van der Waals surface area contributed by atoms with E-state index in [0.717, 1.165) is 49.7 Å². The zero-order valence-electron chi connectivity index (χ0n) is 20.0. The molecule has 0 aromatic heterocycles. The average Bonchev–Trinajstić information content (AvgIpc) is 2.87. The Morgan fingerprint density at radius 3 is 2.38 bits per heavy atom. The largest absolute Gasteiger partial charge is 0.491 e. The first-order valence-electron chi connectivity index (χ1n) is 12.7. The maximum absolute atomic E-state index is 14.8. The highest BCUT2D eigenvalue weighted by Crippen LogP contribution is 2.39. The molecule has 0 amide bonds. The van der Waals surface area contributed by atoms with Gasteiger partial charge < -0.3 is 9.84 Å². The summed E-state index contributed by atoms with van der Waals surface area (Å²) in [7, 11) is 0. The lowest BCUT2D eigenvalue weighted by Gasteiger charge is -2.29. The van der Waals surface area contributed by atoms with Crippen molar-refractivity contribution in [2.24, 2.45) is 11.8 Å². The van der Waals surface area contributed by atoms with E-state index in [-0.39, 0.29) is 18.3 Å². The molecule has 2 aliphatic carbocycles. The molecule has 0 saturated heterocycles. The van der Waals surface area contributed by atoms with Crippen LogP contribution in [0.3, 0.4) is 0 Å². The number of halogens is 3. The van der Waals surface area contributed by atoms with Gasteiger partial charge in [-0.2, -0.15) is 0 Å². The number of allylic oxidation sites excluding steroid dienone is 2. The molecule has 2 aliphatic rings. The van der Waals surface area contributed by atoms with Gasteiger partial charge >= 0.3 is 0 Å². The first-order valence-corrected chi connectivity index (χ1v) is 12.7. The van der Waals surface area contributed by atoms with E-state index in [2.05, 4.69) is 0 Å². The summed E-state index contributed by atoms with van der Waals surface area (Å²) in [5.74, 6) is -0.436. The molecule has 0 heterocycles. The maximum atomic E-state index is 14.8. The molecule has 1 saturated carbocycles. The van der Waals surface area contributed by atoms with E-state index >= 15 is 0 Å². The van der Waals surface area contributed by atoms with Crippen molar-refractivity contribution in [2.75, 3.05) is 13.2 Å². The zero-order valence-corrected chi connectivity index (χ0v) is 20.0. The zero-order chi connectivity index (χ0) is 24.1. The molecule has 0 bridgehead atoms. The number of rotatable bonds is 8. The fourth-order valence-corrected chi connectivity index (χ4v) is 5.52. The lowest BCUT2D eigenvalue weighted by Crippen LogP contribution is -2.15. The van der Waals surface area contributed by atoms with E-state index in [0.29, 0.717) is 54.6 Å². The minimum Gasteiger partial charge on any atom is -0.491 e. The lowest BCUT2D eigenvalue weighted by molar-refractivity contribution is 0.218. The maximum Gasteiger partial charge on any atom is 0.166 e. The average molecular weight is 473 g/mol. The number of hydrogen-bond acceptors (Lipinski definition) is 2. The standard InChI is InChI=1S/C29H35F3O2/c1-2-34-27-16-14-24(17-26(27)30)21-8-3-19(4-9-21)5-12-23-13-15-25(29(32)28(23)31)22-10-6-20(18-33)7-11-22/h10,13-17,19-21,33H,2-9,11-12,18H2,1H3. The monoisotopic (exact) mass is 472 g/mol. The van der Waals surface area contributed by atoms with E-state index in [4.69, 9.17) is 4.74 Å². The molecule has 1 N–H and O–H groups in total. The molecule has 0 aliphatic heterocycles. The van der Waals surface area contributed by atoms with Crippen LogP contribution in [0, 0.1) is 29.3 Å². The minimum atomic E-state index is -0.743. The summed E-state index contributed by atoms with van der Waals surface area (Å²) < 4.78 is 49.2. The fraction of sp³-hybridized carbons (Fsp3) is 0.517. The van der Waals surface area contributed by atoms with Crippen molar-refractivity contribution in [3.63, 3.8) is 0 Å². The third-order valence-electron chi connectivity index (χ3n) is 7.68. The highest BCUT2D eigenvalue weighted by Gasteiger charge is 2.25.